The van der Waals surface area contributed by atoms with Crippen LogP contribution >= 0.6 is 0 Å². The Morgan fingerprint density at radius 1 is 1.30 bits per heavy atom. The lowest BCUT2D eigenvalue weighted by Crippen LogP contribution is -2.12. The summed E-state index contributed by atoms with van der Waals surface area (Å²) in [6.07, 6.45) is 0.891. The molecule has 2 aromatic rings. The van der Waals surface area contributed by atoms with Gasteiger partial charge in [-0.2, -0.15) is 0 Å². The van der Waals surface area contributed by atoms with Crippen molar-refractivity contribution < 1.29 is 9.90 Å². The van der Waals surface area contributed by atoms with Gasteiger partial charge in [0.2, 0.25) is 0 Å². The molecule has 2 N–H and O–H groups in total. The molecular weight excluding hydrogens is 252 g/mol. The van der Waals surface area contributed by atoms with E-state index in [1.807, 2.05) is 18.2 Å². The average molecular weight is 270 g/mol. The van der Waals surface area contributed by atoms with E-state index in [-0.39, 0.29) is 11.6 Å². The lowest BCUT2D eigenvalue weighted by Gasteiger charge is -2.18. The molecule has 4 heteroatoms. The number of aromatic carboxylic acids is 1. The molecule has 1 aromatic heterocycles. The largest absolute Gasteiger partial charge is 0.478 e. The number of aryl methyl sites for hydroxylation is 1. The molecule has 104 valence electrons. The molecule has 0 aliphatic carbocycles. The van der Waals surface area contributed by atoms with Crippen molar-refractivity contribution in [2.45, 2.75) is 26.3 Å². The first-order valence-electron chi connectivity index (χ1n) is 6.63. The van der Waals surface area contributed by atoms with E-state index in [0.717, 1.165) is 12.0 Å². The SMILES string of the molecule is CCC(Nc1cc(C(=O)O)cc(C)n1)c1ccccc1. The first kappa shape index (κ1) is 14.1. The normalized spacial score (nSPS) is 11.9. The van der Waals surface area contributed by atoms with Crippen LogP contribution in [-0.2, 0) is 0 Å². The number of carbonyl (C=O) groups is 1. The monoisotopic (exact) mass is 270 g/mol. The minimum absolute atomic E-state index is 0.118. The van der Waals surface area contributed by atoms with Crippen LogP contribution in [0.1, 0.15) is 41.0 Å². The number of benzene rings is 1. The number of nitrogens with zero attached hydrogens (tertiary/aromatic N) is 1. The Hall–Kier alpha value is -2.36. The van der Waals surface area contributed by atoms with Crippen LogP contribution in [0.5, 0.6) is 0 Å². The van der Waals surface area contributed by atoms with E-state index in [1.165, 1.54) is 0 Å². The minimum Gasteiger partial charge on any atom is -0.478 e. The van der Waals surface area contributed by atoms with Crippen LogP contribution in [0, 0.1) is 6.92 Å². The van der Waals surface area contributed by atoms with Crippen LogP contribution in [-0.4, -0.2) is 16.1 Å². The first-order valence-corrected chi connectivity index (χ1v) is 6.63. The fraction of sp³-hybridized carbons (Fsp3) is 0.250. The highest BCUT2D eigenvalue weighted by Crippen LogP contribution is 2.22. The predicted octanol–water partition coefficient (Wildman–Crippen LogP) is 3.65. The fourth-order valence-electron chi connectivity index (χ4n) is 2.15. The maximum Gasteiger partial charge on any atom is 0.335 e. The summed E-state index contributed by atoms with van der Waals surface area (Å²) in [5, 5.41) is 12.4. The summed E-state index contributed by atoms with van der Waals surface area (Å²) in [6.45, 7) is 3.87. The topological polar surface area (TPSA) is 62.2 Å². The molecule has 0 saturated carbocycles. The van der Waals surface area contributed by atoms with Crippen molar-refractivity contribution in [2.75, 3.05) is 5.32 Å². The van der Waals surface area contributed by atoms with Gasteiger partial charge in [-0.3, -0.25) is 0 Å². The summed E-state index contributed by atoms with van der Waals surface area (Å²) >= 11 is 0. The maximum absolute atomic E-state index is 11.1. The van der Waals surface area contributed by atoms with Crippen LogP contribution in [0.4, 0.5) is 5.82 Å². The lowest BCUT2D eigenvalue weighted by atomic mass is 10.0. The second-order valence-corrected chi connectivity index (χ2v) is 4.70. The van der Waals surface area contributed by atoms with Crippen LogP contribution in [0.2, 0.25) is 0 Å². The number of carboxylic acids is 1. The Balaban J connectivity index is 2.26. The van der Waals surface area contributed by atoms with Gasteiger partial charge < -0.3 is 10.4 Å². The molecule has 2 rings (SSSR count). The number of hydrogen-bond donors (Lipinski definition) is 2. The van der Waals surface area contributed by atoms with Crippen molar-refractivity contribution in [3.8, 4) is 0 Å². The van der Waals surface area contributed by atoms with E-state index >= 15 is 0 Å². The van der Waals surface area contributed by atoms with Gasteiger partial charge in [0.05, 0.1) is 11.6 Å². The van der Waals surface area contributed by atoms with Crippen molar-refractivity contribution in [3.63, 3.8) is 0 Å². The van der Waals surface area contributed by atoms with E-state index in [1.54, 1.807) is 19.1 Å². The second kappa shape index (κ2) is 6.19. The zero-order valence-corrected chi connectivity index (χ0v) is 11.6. The van der Waals surface area contributed by atoms with Gasteiger partial charge in [-0.1, -0.05) is 37.3 Å². The molecule has 0 saturated heterocycles. The van der Waals surface area contributed by atoms with Gasteiger partial charge in [0.25, 0.3) is 0 Å². The lowest BCUT2D eigenvalue weighted by molar-refractivity contribution is 0.0696. The highest BCUT2D eigenvalue weighted by molar-refractivity contribution is 5.88. The Kier molecular flexibility index (Phi) is 4.35. The first-order chi connectivity index (χ1) is 9.60. The molecule has 4 nitrogen and oxygen atoms in total. The third-order valence-corrected chi connectivity index (χ3v) is 3.13. The zero-order valence-electron chi connectivity index (χ0n) is 11.6. The van der Waals surface area contributed by atoms with Crippen LogP contribution < -0.4 is 5.32 Å². The quantitative estimate of drug-likeness (QED) is 0.870. The van der Waals surface area contributed by atoms with Gasteiger partial charge in [-0.25, -0.2) is 9.78 Å². The number of nitrogens with one attached hydrogen (secondary N) is 1. The van der Waals surface area contributed by atoms with Crippen molar-refractivity contribution >= 4 is 11.8 Å². The van der Waals surface area contributed by atoms with Gasteiger partial charge in [0.15, 0.2) is 0 Å². The Bertz CT molecular complexity index is 597. The molecule has 1 unspecified atom stereocenters. The predicted molar refractivity (Wildman–Crippen MR) is 79.0 cm³/mol. The molecule has 20 heavy (non-hydrogen) atoms. The molecule has 0 aliphatic rings. The summed E-state index contributed by atoms with van der Waals surface area (Å²) in [4.78, 5) is 15.4. The number of aromatic nitrogens is 1. The number of rotatable bonds is 5. The average Bonchev–Trinajstić information content (AvgIpc) is 2.45. The van der Waals surface area contributed by atoms with Crippen molar-refractivity contribution in [1.82, 2.24) is 4.98 Å². The smallest absolute Gasteiger partial charge is 0.335 e. The van der Waals surface area contributed by atoms with E-state index in [0.29, 0.717) is 11.5 Å². The number of hydrogen-bond acceptors (Lipinski definition) is 3. The van der Waals surface area contributed by atoms with Crippen LogP contribution in [0.3, 0.4) is 0 Å². The minimum atomic E-state index is -0.939. The molecular formula is C16H18N2O2. The van der Waals surface area contributed by atoms with E-state index < -0.39 is 5.97 Å². The highest BCUT2D eigenvalue weighted by Gasteiger charge is 2.12. The van der Waals surface area contributed by atoms with E-state index in [2.05, 4.69) is 29.4 Å². The molecule has 0 amide bonds. The number of pyridine rings is 1. The summed E-state index contributed by atoms with van der Waals surface area (Å²) in [6, 6.07) is 13.3. The molecule has 0 bridgehead atoms. The summed E-state index contributed by atoms with van der Waals surface area (Å²) < 4.78 is 0. The Morgan fingerprint density at radius 3 is 2.60 bits per heavy atom. The van der Waals surface area contributed by atoms with Gasteiger partial charge >= 0.3 is 5.97 Å². The third-order valence-electron chi connectivity index (χ3n) is 3.13. The Labute approximate surface area is 118 Å². The van der Waals surface area contributed by atoms with E-state index in [4.69, 9.17) is 5.11 Å². The van der Waals surface area contributed by atoms with Gasteiger partial charge in [0.1, 0.15) is 5.82 Å². The third kappa shape index (κ3) is 3.35. The number of anilines is 1. The fourth-order valence-corrected chi connectivity index (χ4v) is 2.15. The van der Waals surface area contributed by atoms with Gasteiger partial charge in [0, 0.05) is 5.69 Å². The van der Waals surface area contributed by atoms with Crippen molar-refractivity contribution in [3.05, 3.63) is 59.3 Å². The molecule has 1 aromatic carbocycles. The summed E-state index contributed by atoms with van der Waals surface area (Å²) in [5.41, 5.74) is 2.11. The molecule has 0 radical (unpaired) electrons. The standard InChI is InChI=1S/C16H18N2O2/c1-3-14(12-7-5-4-6-8-12)18-15-10-13(16(19)20)9-11(2)17-15/h4-10,14H,3H2,1-2H3,(H,17,18)(H,19,20). The molecule has 0 spiro atoms. The molecule has 0 fully saturated rings. The van der Waals surface area contributed by atoms with Crippen molar-refractivity contribution in [2.24, 2.45) is 0 Å². The van der Waals surface area contributed by atoms with Crippen LogP contribution in [0.25, 0.3) is 0 Å². The van der Waals surface area contributed by atoms with Crippen molar-refractivity contribution in [1.29, 1.82) is 0 Å². The summed E-state index contributed by atoms with van der Waals surface area (Å²) in [5.74, 6) is -0.343. The maximum atomic E-state index is 11.1. The molecule has 1 atom stereocenters. The van der Waals surface area contributed by atoms with Gasteiger partial charge in [-0.15, -0.1) is 0 Å². The highest BCUT2D eigenvalue weighted by atomic mass is 16.4. The van der Waals surface area contributed by atoms with Gasteiger partial charge in [-0.05, 0) is 31.0 Å². The zero-order chi connectivity index (χ0) is 14.5. The molecule has 0 aliphatic heterocycles. The van der Waals surface area contributed by atoms with Crippen LogP contribution in [0.15, 0.2) is 42.5 Å². The van der Waals surface area contributed by atoms with E-state index in [9.17, 15) is 4.79 Å². The second-order valence-electron chi connectivity index (χ2n) is 4.70. The molecule has 1 heterocycles. The Morgan fingerprint density at radius 2 is 2.00 bits per heavy atom. The number of carboxylic acid groups (broad SMARTS) is 1. The summed E-state index contributed by atoms with van der Waals surface area (Å²) in [7, 11) is 0.